The lowest BCUT2D eigenvalue weighted by Crippen LogP contribution is -2.17. The van der Waals surface area contributed by atoms with Crippen LogP contribution in [0, 0.1) is 6.92 Å². The molecule has 86 valence electrons. The van der Waals surface area contributed by atoms with Crippen LogP contribution >= 0.6 is 0 Å². The molecule has 0 aliphatic heterocycles. The first-order valence-corrected chi connectivity index (χ1v) is 6.04. The highest BCUT2D eigenvalue weighted by Crippen LogP contribution is 2.33. The third-order valence-electron chi connectivity index (χ3n) is 3.34. The molecule has 2 aromatic rings. The van der Waals surface area contributed by atoms with Crippen molar-refractivity contribution in [2.75, 3.05) is 0 Å². The maximum absolute atomic E-state index is 12.0. The Morgan fingerprint density at radius 3 is 2.59 bits per heavy atom. The fourth-order valence-electron chi connectivity index (χ4n) is 2.21. The molecule has 1 aromatic heterocycles. The Labute approximate surface area is 101 Å². The monoisotopic (exact) mass is 225 g/mol. The quantitative estimate of drug-likeness (QED) is 0.769. The van der Waals surface area contributed by atoms with Crippen molar-refractivity contribution in [1.29, 1.82) is 0 Å². The van der Waals surface area contributed by atoms with Crippen LogP contribution in [0.15, 0.2) is 47.4 Å². The molecule has 0 radical (unpaired) electrons. The van der Waals surface area contributed by atoms with Crippen LogP contribution in [0.1, 0.15) is 24.4 Å². The van der Waals surface area contributed by atoms with Crippen molar-refractivity contribution in [2.24, 2.45) is 0 Å². The van der Waals surface area contributed by atoms with Gasteiger partial charge in [0.1, 0.15) is 0 Å². The minimum Gasteiger partial charge on any atom is -0.312 e. The van der Waals surface area contributed by atoms with Gasteiger partial charge < -0.3 is 4.57 Å². The van der Waals surface area contributed by atoms with Crippen LogP contribution in [0.3, 0.4) is 0 Å². The summed E-state index contributed by atoms with van der Waals surface area (Å²) in [7, 11) is 0. The van der Waals surface area contributed by atoms with Crippen molar-refractivity contribution in [3.63, 3.8) is 0 Å². The maximum atomic E-state index is 12.0. The van der Waals surface area contributed by atoms with Gasteiger partial charge in [-0.15, -0.1) is 0 Å². The highest BCUT2D eigenvalue weighted by molar-refractivity contribution is 5.66. The molecular weight excluding hydrogens is 210 g/mol. The Morgan fingerprint density at radius 1 is 1.18 bits per heavy atom. The second-order valence-corrected chi connectivity index (χ2v) is 4.71. The summed E-state index contributed by atoms with van der Waals surface area (Å²) in [5, 5.41) is 0. The van der Waals surface area contributed by atoms with Gasteiger partial charge in [0, 0.05) is 18.3 Å². The molecule has 2 nitrogen and oxygen atoms in total. The molecule has 1 heterocycles. The van der Waals surface area contributed by atoms with E-state index in [4.69, 9.17) is 0 Å². The fraction of sp³-hybridized carbons (Fsp3) is 0.267. The van der Waals surface area contributed by atoms with Crippen LogP contribution in [-0.4, -0.2) is 4.57 Å². The SMILES string of the molecule is Cc1ccccc1-c1ccn(C2CC2)c(=O)c1. The minimum atomic E-state index is 0.119. The van der Waals surface area contributed by atoms with E-state index in [1.165, 1.54) is 5.56 Å². The molecule has 17 heavy (non-hydrogen) atoms. The zero-order valence-corrected chi connectivity index (χ0v) is 9.89. The number of aryl methyl sites for hydroxylation is 1. The zero-order valence-electron chi connectivity index (χ0n) is 9.89. The number of hydrogen-bond acceptors (Lipinski definition) is 1. The Morgan fingerprint density at radius 2 is 1.94 bits per heavy atom. The van der Waals surface area contributed by atoms with Crippen molar-refractivity contribution in [3.8, 4) is 11.1 Å². The molecule has 1 saturated carbocycles. The van der Waals surface area contributed by atoms with Crippen molar-refractivity contribution >= 4 is 0 Å². The van der Waals surface area contributed by atoms with E-state index in [-0.39, 0.29) is 5.56 Å². The normalized spacial score (nSPS) is 14.9. The number of benzene rings is 1. The van der Waals surface area contributed by atoms with Gasteiger partial charge in [0.15, 0.2) is 0 Å². The molecular formula is C15H15NO. The first-order valence-electron chi connectivity index (χ1n) is 6.04. The summed E-state index contributed by atoms with van der Waals surface area (Å²) in [4.78, 5) is 12.0. The first-order chi connectivity index (χ1) is 8.25. The zero-order chi connectivity index (χ0) is 11.8. The number of nitrogens with zero attached hydrogens (tertiary/aromatic N) is 1. The molecule has 0 amide bonds. The van der Waals surface area contributed by atoms with Crippen molar-refractivity contribution in [3.05, 3.63) is 58.5 Å². The second-order valence-electron chi connectivity index (χ2n) is 4.71. The number of hydrogen-bond donors (Lipinski definition) is 0. The van der Waals surface area contributed by atoms with E-state index in [1.54, 1.807) is 6.07 Å². The summed E-state index contributed by atoms with van der Waals surface area (Å²) in [6, 6.07) is 12.4. The minimum absolute atomic E-state index is 0.119. The molecule has 1 aliphatic carbocycles. The molecule has 0 spiro atoms. The van der Waals surface area contributed by atoms with Gasteiger partial charge in [0.25, 0.3) is 5.56 Å². The Bertz CT molecular complexity index is 608. The highest BCUT2D eigenvalue weighted by atomic mass is 16.1. The topological polar surface area (TPSA) is 22.0 Å². The van der Waals surface area contributed by atoms with Gasteiger partial charge in [0.05, 0.1) is 0 Å². The third kappa shape index (κ3) is 1.91. The third-order valence-corrected chi connectivity index (χ3v) is 3.34. The largest absolute Gasteiger partial charge is 0.312 e. The molecule has 0 saturated heterocycles. The molecule has 0 atom stereocenters. The standard InChI is InChI=1S/C15H15NO/c1-11-4-2-3-5-14(11)12-8-9-16(13-6-7-13)15(17)10-12/h2-5,8-10,13H,6-7H2,1H3. The van der Waals surface area contributed by atoms with E-state index in [2.05, 4.69) is 19.1 Å². The van der Waals surface area contributed by atoms with E-state index in [0.717, 1.165) is 24.0 Å². The Kier molecular flexibility index (Phi) is 2.36. The van der Waals surface area contributed by atoms with Crippen LogP contribution in [0.2, 0.25) is 0 Å². The number of rotatable bonds is 2. The molecule has 0 N–H and O–H groups in total. The van der Waals surface area contributed by atoms with Crippen LogP contribution < -0.4 is 5.56 Å². The summed E-state index contributed by atoms with van der Waals surface area (Å²) in [6.45, 7) is 2.07. The summed E-state index contributed by atoms with van der Waals surface area (Å²) in [6.07, 6.45) is 4.22. The number of pyridine rings is 1. The maximum Gasteiger partial charge on any atom is 0.251 e. The highest BCUT2D eigenvalue weighted by Gasteiger charge is 2.24. The lowest BCUT2D eigenvalue weighted by atomic mass is 10.0. The van der Waals surface area contributed by atoms with Crippen molar-refractivity contribution in [2.45, 2.75) is 25.8 Å². The van der Waals surface area contributed by atoms with Gasteiger partial charge in [-0.3, -0.25) is 4.79 Å². The Balaban J connectivity index is 2.07. The van der Waals surface area contributed by atoms with Crippen molar-refractivity contribution < 1.29 is 0 Å². The lowest BCUT2D eigenvalue weighted by molar-refractivity contribution is 0.708. The lowest BCUT2D eigenvalue weighted by Gasteiger charge is -2.07. The molecule has 1 aromatic carbocycles. The van der Waals surface area contributed by atoms with Crippen molar-refractivity contribution in [1.82, 2.24) is 4.57 Å². The van der Waals surface area contributed by atoms with Gasteiger partial charge in [0.2, 0.25) is 0 Å². The van der Waals surface area contributed by atoms with E-state index < -0.39 is 0 Å². The van der Waals surface area contributed by atoms with E-state index in [1.807, 2.05) is 29.0 Å². The van der Waals surface area contributed by atoms with Gasteiger partial charge in [-0.05, 0) is 42.5 Å². The Hall–Kier alpha value is -1.83. The summed E-state index contributed by atoms with van der Waals surface area (Å²) >= 11 is 0. The van der Waals surface area contributed by atoms with Gasteiger partial charge in [-0.1, -0.05) is 24.3 Å². The molecule has 3 rings (SSSR count). The summed E-state index contributed by atoms with van der Waals surface area (Å²) in [5.74, 6) is 0. The van der Waals surface area contributed by atoms with E-state index >= 15 is 0 Å². The summed E-state index contributed by atoms with van der Waals surface area (Å²) in [5.41, 5.74) is 3.49. The van der Waals surface area contributed by atoms with Crippen LogP contribution in [-0.2, 0) is 0 Å². The van der Waals surface area contributed by atoms with Crippen LogP contribution in [0.4, 0.5) is 0 Å². The average Bonchev–Trinajstić information content (AvgIpc) is 3.13. The van der Waals surface area contributed by atoms with E-state index in [9.17, 15) is 4.79 Å². The van der Waals surface area contributed by atoms with Gasteiger partial charge >= 0.3 is 0 Å². The molecule has 0 unspecified atom stereocenters. The van der Waals surface area contributed by atoms with E-state index in [0.29, 0.717) is 6.04 Å². The molecule has 1 fully saturated rings. The smallest absolute Gasteiger partial charge is 0.251 e. The van der Waals surface area contributed by atoms with Crippen LogP contribution in [0.25, 0.3) is 11.1 Å². The second kappa shape index (κ2) is 3.88. The van der Waals surface area contributed by atoms with Gasteiger partial charge in [-0.2, -0.15) is 0 Å². The average molecular weight is 225 g/mol. The molecule has 2 heteroatoms. The predicted octanol–water partition coefficient (Wildman–Crippen LogP) is 3.16. The summed E-state index contributed by atoms with van der Waals surface area (Å²) < 4.78 is 1.85. The molecule has 0 bridgehead atoms. The van der Waals surface area contributed by atoms with Gasteiger partial charge in [-0.25, -0.2) is 0 Å². The van der Waals surface area contributed by atoms with Crippen LogP contribution in [0.5, 0.6) is 0 Å². The molecule has 1 aliphatic rings. The first kappa shape index (κ1) is 10.3. The number of aromatic nitrogens is 1. The fourth-order valence-corrected chi connectivity index (χ4v) is 2.21. The predicted molar refractivity (Wildman–Crippen MR) is 69.1 cm³/mol.